The second kappa shape index (κ2) is 4.78. The SMILES string of the molecule is OC1CCCCC1Oc1cc(F)ccc1F. The first-order valence-corrected chi connectivity index (χ1v) is 5.46. The summed E-state index contributed by atoms with van der Waals surface area (Å²) in [5.74, 6) is -1.26. The minimum atomic E-state index is -0.598. The first-order chi connectivity index (χ1) is 7.66. The van der Waals surface area contributed by atoms with E-state index >= 15 is 0 Å². The highest BCUT2D eigenvalue weighted by atomic mass is 19.1. The molecular weight excluding hydrogens is 214 g/mol. The van der Waals surface area contributed by atoms with Gasteiger partial charge in [-0.1, -0.05) is 6.42 Å². The monoisotopic (exact) mass is 228 g/mol. The molecule has 2 rings (SSSR count). The van der Waals surface area contributed by atoms with E-state index < -0.39 is 23.8 Å². The number of benzene rings is 1. The zero-order valence-electron chi connectivity index (χ0n) is 8.83. The summed E-state index contributed by atoms with van der Waals surface area (Å²) < 4.78 is 31.5. The van der Waals surface area contributed by atoms with E-state index in [1.165, 1.54) is 0 Å². The molecule has 1 aliphatic rings. The van der Waals surface area contributed by atoms with Crippen LogP contribution in [0.5, 0.6) is 5.75 Å². The topological polar surface area (TPSA) is 29.5 Å². The van der Waals surface area contributed by atoms with Gasteiger partial charge in [0, 0.05) is 6.07 Å². The molecule has 1 fully saturated rings. The fraction of sp³-hybridized carbons (Fsp3) is 0.500. The first-order valence-electron chi connectivity index (χ1n) is 5.46. The van der Waals surface area contributed by atoms with Gasteiger partial charge in [0.25, 0.3) is 0 Å². The second-order valence-corrected chi connectivity index (χ2v) is 4.08. The van der Waals surface area contributed by atoms with Crippen LogP contribution in [0.25, 0.3) is 0 Å². The van der Waals surface area contributed by atoms with Crippen molar-refractivity contribution in [2.24, 2.45) is 0 Å². The van der Waals surface area contributed by atoms with E-state index in [0.29, 0.717) is 12.8 Å². The summed E-state index contributed by atoms with van der Waals surface area (Å²) in [6, 6.07) is 3.08. The van der Waals surface area contributed by atoms with Crippen molar-refractivity contribution in [2.75, 3.05) is 0 Å². The average Bonchev–Trinajstić information content (AvgIpc) is 2.27. The second-order valence-electron chi connectivity index (χ2n) is 4.08. The van der Waals surface area contributed by atoms with Crippen LogP contribution in [-0.4, -0.2) is 17.3 Å². The van der Waals surface area contributed by atoms with Crippen LogP contribution in [0.1, 0.15) is 25.7 Å². The van der Waals surface area contributed by atoms with Gasteiger partial charge in [-0.3, -0.25) is 0 Å². The number of hydrogen-bond donors (Lipinski definition) is 1. The number of aliphatic hydroxyl groups is 1. The van der Waals surface area contributed by atoms with Gasteiger partial charge < -0.3 is 9.84 Å². The lowest BCUT2D eigenvalue weighted by Crippen LogP contribution is -2.34. The van der Waals surface area contributed by atoms with Crippen LogP contribution in [0, 0.1) is 11.6 Å². The zero-order chi connectivity index (χ0) is 11.5. The van der Waals surface area contributed by atoms with Crippen molar-refractivity contribution in [3.8, 4) is 5.75 Å². The number of halogens is 2. The summed E-state index contributed by atoms with van der Waals surface area (Å²) in [6.45, 7) is 0. The summed E-state index contributed by atoms with van der Waals surface area (Å²) in [7, 11) is 0. The zero-order valence-corrected chi connectivity index (χ0v) is 8.83. The summed E-state index contributed by atoms with van der Waals surface area (Å²) >= 11 is 0. The average molecular weight is 228 g/mol. The Morgan fingerprint density at radius 3 is 2.69 bits per heavy atom. The van der Waals surface area contributed by atoms with Crippen LogP contribution in [-0.2, 0) is 0 Å². The van der Waals surface area contributed by atoms with E-state index in [4.69, 9.17) is 4.74 Å². The number of ether oxygens (including phenoxy) is 1. The highest BCUT2D eigenvalue weighted by Gasteiger charge is 2.25. The Labute approximate surface area is 92.9 Å². The Morgan fingerprint density at radius 1 is 1.19 bits per heavy atom. The Bertz CT molecular complexity index is 368. The normalized spacial score (nSPS) is 25.4. The van der Waals surface area contributed by atoms with Gasteiger partial charge in [-0.2, -0.15) is 0 Å². The molecule has 0 amide bonds. The number of hydrogen-bond acceptors (Lipinski definition) is 2. The molecule has 2 unspecified atom stereocenters. The lowest BCUT2D eigenvalue weighted by molar-refractivity contribution is 0.00483. The molecule has 1 aromatic rings. The quantitative estimate of drug-likeness (QED) is 0.843. The standard InChI is InChI=1S/C12H14F2O2/c13-8-5-6-9(14)12(7-8)16-11-4-2-1-3-10(11)15/h5-7,10-11,15H,1-4H2. The third-order valence-corrected chi connectivity index (χ3v) is 2.84. The van der Waals surface area contributed by atoms with Gasteiger partial charge in [-0.05, 0) is 31.4 Å². The van der Waals surface area contributed by atoms with E-state index in [9.17, 15) is 13.9 Å². The van der Waals surface area contributed by atoms with Crippen LogP contribution >= 0.6 is 0 Å². The minimum absolute atomic E-state index is 0.119. The molecule has 1 aromatic carbocycles. The Morgan fingerprint density at radius 2 is 1.94 bits per heavy atom. The molecule has 0 saturated heterocycles. The largest absolute Gasteiger partial charge is 0.485 e. The molecule has 1 aliphatic carbocycles. The van der Waals surface area contributed by atoms with Crippen LogP contribution in [0.3, 0.4) is 0 Å². The Kier molecular flexibility index (Phi) is 3.39. The van der Waals surface area contributed by atoms with Crippen LogP contribution in [0.15, 0.2) is 18.2 Å². The Balaban J connectivity index is 2.10. The summed E-state index contributed by atoms with van der Waals surface area (Å²) in [5.41, 5.74) is 0. The van der Waals surface area contributed by atoms with Gasteiger partial charge in [0.2, 0.25) is 0 Å². The molecular formula is C12H14F2O2. The highest BCUT2D eigenvalue weighted by Crippen LogP contribution is 2.26. The molecule has 0 aliphatic heterocycles. The maximum absolute atomic E-state index is 13.3. The maximum Gasteiger partial charge on any atom is 0.165 e. The van der Waals surface area contributed by atoms with Crippen molar-refractivity contribution in [1.29, 1.82) is 0 Å². The van der Waals surface area contributed by atoms with Crippen LogP contribution in [0.4, 0.5) is 8.78 Å². The van der Waals surface area contributed by atoms with Crippen molar-refractivity contribution in [3.63, 3.8) is 0 Å². The summed E-state index contributed by atoms with van der Waals surface area (Å²) in [4.78, 5) is 0. The molecule has 0 spiro atoms. The molecule has 0 bridgehead atoms. The van der Waals surface area contributed by atoms with Crippen molar-refractivity contribution in [3.05, 3.63) is 29.8 Å². The van der Waals surface area contributed by atoms with Gasteiger partial charge in [-0.15, -0.1) is 0 Å². The van der Waals surface area contributed by atoms with Gasteiger partial charge >= 0.3 is 0 Å². The van der Waals surface area contributed by atoms with Crippen molar-refractivity contribution in [1.82, 2.24) is 0 Å². The lowest BCUT2D eigenvalue weighted by Gasteiger charge is -2.28. The van der Waals surface area contributed by atoms with Crippen molar-refractivity contribution >= 4 is 0 Å². The van der Waals surface area contributed by atoms with Crippen LogP contribution in [0.2, 0.25) is 0 Å². The minimum Gasteiger partial charge on any atom is -0.485 e. The van der Waals surface area contributed by atoms with E-state index in [1.54, 1.807) is 0 Å². The molecule has 88 valence electrons. The van der Waals surface area contributed by atoms with E-state index in [1.807, 2.05) is 0 Å². The Hall–Kier alpha value is -1.16. The number of rotatable bonds is 2. The molecule has 0 heterocycles. The summed E-state index contributed by atoms with van der Waals surface area (Å²) in [5, 5.41) is 9.65. The molecule has 0 radical (unpaired) electrons. The van der Waals surface area contributed by atoms with E-state index in [2.05, 4.69) is 0 Å². The third-order valence-electron chi connectivity index (χ3n) is 2.84. The number of aliphatic hydroxyl groups excluding tert-OH is 1. The van der Waals surface area contributed by atoms with Gasteiger partial charge in [0.15, 0.2) is 11.6 Å². The lowest BCUT2D eigenvalue weighted by atomic mass is 9.95. The fourth-order valence-electron chi connectivity index (χ4n) is 1.95. The first kappa shape index (κ1) is 11.3. The van der Waals surface area contributed by atoms with E-state index in [-0.39, 0.29) is 5.75 Å². The van der Waals surface area contributed by atoms with Crippen molar-refractivity contribution in [2.45, 2.75) is 37.9 Å². The predicted octanol–water partition coefficient (Wildman–Crippen LogP) is 2.65. The molecule has 4 heteroatoms. The molecule has 2 nitrogen and oxygen atoms in total. The predicted molar refractivity (Wildman–Crippen MR) is 55.2 cm³/mol. The molecule has 1 N–H and O–H groups in total. The van der Waals surface area contributed by atoms with E-state index in [0.717, 1.165) is 31.0 Å². The smallest absolute Gasteiger partial charge is 0.165 e. The van der Waals surface area contributed by atoms with Gasteiger partial charge in [0.05, 0.1) is 6.10 Å². The van der Waals surface area contributed by atoms with Gasteiger partial charge in [-0.25, -0.2) is 8.78 Å². The van der Waals surface area contributed by atoms with Gasteiger partial charge in [0.1, 0.15) is 11.9 Å². The van der Waals surface area contributed by atoms with Crippen molar-refractivity contribution < 1.29 is 18.6 Å². The van der Waals surface area contributed by atoms with Crippen LogP contribution < -0.4 is 4.74 Å². The summed E-state index contributed by atoms with van der Waals surface area (Å²) in [6.07, 6.45) is 2.21. The fourth-order valence-corrected chi connectivity index (χ4v) is 1.95. The molecule has 2 atom stereocenters. The molecule has 0 aromatic heterocycles. The third kappa shape index (κ3) is 2.50. The molecule has 1 saturated carbocycles. The molecule has 16 heavy (non-hydrogen) atoms. The highest BCUT2D eigenvalue weighted by molar-refractivity contribution is 5.25. The maximum atomic E-state index is 13.3.